The van der Waals surface area contributed by atoms with Crippen molar-refractivity contribution in [3.05, 3.63) is 16.4 Å². The van der Waals surface area contributed by atoms with Crippen molar-refractivity contribution in [2.45, 2.75) is 39.7 Å². The lowest BCUT2D eigenvalue weighted by Gasteiger charge is -2.25. The average Bonchev–Trinajstić information content (AvgIpc) is 2.86. The maximum atomic E-state index is 11.4. The number of aromatic carboxylic acids is 1. The molecular weight excluding hydrogens is 276 g/mol. The molecule has 2 aromatic rings. The van der Waals surface area contributed by atoms with Gasteiger partial charge in [-0.25, -0.2) is 14.5 Å². The fraction of sp³-hybridized carbons (Fsp3) is 0.538. The van der Waals surface area contributed by atoms with Crippen LogP contribution in [0.1, 0.15) is 40.5 Å². The summed E-state index contributed by atoms with van der Waals surface area (Å²) >= 11 is 1.50. The van der Waals surface area contributed by atoms with E-state index < -0.39 is 5.97 Å². The monoisotopic (exact) mass is 292 g/mol. The van der Waals surface area contributed by atoms with Crippen molar-refractivity contribution in [3.63, 3.8) is 0 Å². The van der Waals surface area contributed by atoms with Gasteiger partial charge in [0.15, 0.2) is 5.69 Å². The summed E-state index contributed by atoms with van der Waals surface area (Å²) < 4.78 is 1.74. The second-order valence-corrected chi connectivity index (χ2v) is 6.42. The van der Waals surface area contributed by atoms with E-state index in [1.54, 1.807) is 4.68 Å². The third kappa shape index (κ3) is 2.22. The number of thiazole rings is 1. The zero-order chi connectivity index (χ0) is 14.3. The molecule has 7 heteroatoms. The number of hydrogen-bond donors (Lipinski definition) is 1. The highest BCUT2D eigenvalue weighted by Crippen LogP contribution is 2.34. The standard InChI is InChI=1S/C13H16N4O2S/c1-7-12(20-8(2)14-7)11-10(13(18)19)15-16-17(11)6-9-4-3-5-9/h9H,3-6H2,1-2H3,(H,18,19). The topological polar surface area (TPSA) is 80.9 Å². The van der Waals surface area contributed by atoms with Crippen LogP contribution in [0.25, 0.3) is 10.6 Å². The number of carboxylic acid groups (broad SMARTS) is 1. The Morgan fingerprint density at radius 3 is 2.70 bits per heavy atom. The summed E-state index contributed by atoms with van der Waals surface area (Å²) in [5, 5.41) is 18.1. The average molecular weight is 292 g/mol. The first-order valence-corrected chi connectivity index (χ1v) is 7.49. The summed E-state index contributed by atoms with van der Waals surface area (Å²) in [4.78, 5) is 16.6. The molecule has 0 bridgehead atoms. The predicted molar refractivity (Wildman–Crippen MR) is 74.9 cm³/mol. The summed E-state index contributed by atoms with van der Waals surface area (Å²) in [6.07, 6.45) is 3.62. The Morgan fingerprint density at radius 1 is 1.45 bits per heavy atom. The Labute approximate surface area is 120 Å². The third-order valence-corrected chi connectivity index (χ3v) is 4.79. The first kappa shape index (κ1) is 13.2. The van der Waals surface area contributed by atoms with Crippen molar-refractivity contribution in [1.82, 2.24) is 20.0 Å². The fourth-order valence-electron chi connectivity index (χ4n) is 2.48. The highest BCUT2D eigenvalue weighted by molar-refractivity contribution is 7.15. The van der Waals surface area contributed by atoms with Crippen LogP contribution in [-0.4, -0.2) is 31.1 Å². The van der Waals surface area contributed by atoms with Crippen LogP contribution in [0.3, 0.4) is 0 Å². The van der Waals surface area contributed by atoms with E-state index in [9.17, 15) is 9.90 Å². The summed E-state index contributed by atoms with van der Waals surface area (Å²) in [6.45, 7) is 4.55. The van der Waals surface area contributed by atoms with Crippen molar-refractivity contribution in [2.24, 2.45) is 5.92 Å². The van der Waals surface area contributed by atoms with Gasteiger partial charge in [-0.2, -0.15) is 0 Å². The van der Waals surface area contributed by atoms with Crippen LogP contribution in [0, 0.1) is 19.8 Å². The largest absolute Gasteiger partial charge is 0.476 e. The molecule has 1 fully saturated rings. The van der Waals surface area contributed by atoms with Gasteiger partial charge in [0.2, 0.25) is 0 Å². The number of aromatic nitrogens is 4. The number of aryl methyl sites for hydroxylation is 2. The number of nitrogens with zero attached hydrogens (tertiary/aromatic N) is 4. The number of rotatable bonds is 4. The van der Waals surface area contributed by atoms with E-state index in [1.165, 1.54) is 30.6 Å². The van der Waals surface area contributed by atoms with E-state index in [0.29, 0.717) is 11.6 Å². The van der Waals surface area contributed by atoms with Crippen LogP contribution in [0.2, 0.25) is 0 Å². The van der Waals surface area contributed by atoms with E-state index in [4.69, 9.17) is 0 Å². The first-order chi connectivity index (χ1) is 9.56. The van der Waals surface area contributed by atoms with Gasteiger partial charge in [-0.15, -0.1) is 16.4 Å². The second kappa shape index (κ2) is 4.97. The Hall–Kier alpha value is -1.76. The highest BCUT2D eigenvalue weighted by Gasteiger charge is 2.27. The normalized spacial score (nSPS) is 15.3. The van der Waals surface area contributed by atoms with Crippen molar-refractivity contribution in [1.29, 1.82) is 0 Å². The molecule has 0 atom stereocenters. The van der Waals surface area contributed by atoms with Gasteiger partial charge in [0, 0.05) is 6.54 Å². The number of hydrogen-bond acceptors (Lipinski definition) is 5. The Kier molecular flexibility index (Phi) is 3.29. The molecule has 0 unspecified atom stereocenters. The van der Waals surface area contributed by atoms with Gasteiger partial charge in [0.05, 0.1) is 15.6 Å². The van der Waals surface area contributed by atoms with E-state index >= 15 is 0 Å². The van der Waals surface area contributed by atoms with Crippen LogP contribution in [0.15, 0.2) is 0 Å². The molecule has 1 saturated carbocycles. The van der Waals surface area contributed by atoms with Gasteiger partial charge < -0.3 is 5.11 Å². The van der Waals surface area contributed by atoms with Crippen LogP contribution in [-0.2, 0) is 6.54 Å². The predicted octanol–water partition coefficient (Wildman–Crippen LogP) is 2.52. The van der Waals surface area contributed by atoms with Crippen molar-refractivity contribution in [3.8, 4) is 10.6 Å². The third-order valence-electron chi connectivity index (χ3n) is 3.71. The Morgan fingerprint density at radius 2 is 2.20 bits per heavy atom. The molecule has 3 rings (SSSR count). The lowest BCUT2D eigenvalue weighted by atomic mass is 9.85. The zero-order valence-corrected chi connectivity index (χ0v) is 12.3. The van der Waals surface area contributed by atoms with Gasteiger partial charge in [0.1, 0.15) is 5.69 Å². The molecule has 20 heavy (non-hydrogen) atoms. The summed E-state index contributed by atoms with van der Waals surface area (Å²) in [6, 6.07) is 0. The van der Waals surface area contributed by atoms with Gasteiger partial charge >= 0.3 is 5.97 Å². The molecule has 0 amide bonds. The van der Waals surface area contributed by atoms with E-state index in [1.807, 2.05) is 13.8 Å². The Bertz CT molecular complexity index is 657. The van der Waals surface area contributed by atoms with Crippen LogP contribution < -0.4 is 0 Å². The highest BCUT2D eigenvalue weighted by atomic mass is 32.1. The molecule has 6 nitrogen and oxygen atoms in total. The minimum Gasteiger partial charge on any atom is -0.476 e. The van der Waals surface area contributed by atoms with E-state index in [2.05, 4.69) is 15.3 Å². The van der Waals surface area contributed by atoms with Gasteiger partial charge in [-0.05, 0) is 32.6 Å². The molecule has 0 spiro atoms. The van der Waals surface area contributed by atoms with Crippen molar-refractivity contribution < 1.29 is 9.90 Å². The molecule has 0 aromatic carbocycles. The zero-order valence-electron chi connectivity index (χ0n) is 11.5. The molecule has 1 aliphatic carbocycles. The van der Waals surface area contributed by atoms with Crippen molar-refractivity contribution in [2.75, 3.05) is 0 Å². The van der Waals surface area contributed by atoms with E-state index in [-0.39, 0.29) is 5.69 Å². The molecular formula is C13H16N4O2S. The maximum absolute atomic E-state index is 11.4. The summed E-state index contributed by atoms with van der Waals surface area (Å²) in [5.74, 6) is -0.447. The Balaban J connectivity index is 2.07. The quantitative estimate of drug-likeness (QED) is 0.936. The smallest absolute Gasteiger partial charge is 0.358 e. The molecule has 106 valence electrons. The lowest BCUT2D eigenvalue weighted by Crippen LogP contribution is -2.19. The molecule has 1 N–H and O–H groups in total. The van der Waals surface area contributed by atoms with Crippen molar-refractivity contribution >= 4 is 17.3 Å². The molecule has 0 radical (unpaired) electrons. The molecule has 0 saturated heterocycles. The van der Waals surface area contributed by atoms with Crippen LogP contribution in [0.4, 0.5) is 0 Å². The molecule has 2 heterocycles. The number of carbonyl (C=O) groups is 1. The lowest BCUT2D eigenvalue weighted by molar-refractivity contribution is 0.0691. The minimum absolute atomic E-state index is 0.0241. The van der Waals surface area contributed by atoms with Gasteiger partial charge in [-0.1, -0.05) is 11.6 Å². The molecule has 1 aliphatic rings. The minimum atomic E-state index is -1.04. The molecule has 2 aromatic heterocycles. The number of carboxylic acids is 1. The first-order valence-electron chi connectivity index (χ1n) is 6.67. The van der Waals surface area contributed by atoms with E-state index in [0.717, 1.165) is 22.1 Å². The summed E-state index contributed by atoms with van der Waals surface area (Å²) in [7, 11) is 0. The second-order valence-electron chi connectivity index (χ2n) is 5.22. The summed E-state index contributed by atoms with van der Waals surface area (Å²) in [5.41, 5.74) is 1.47. The van der Waals surface area contributed by atoms with Gasteiger partial charge in [-0.3, -0.25) is 0 Å². The van der Waals surface area contributed by atoms with Crippen LogP contribution in [0.5, 0.6) is 0 Å². The van der Waals surface area contributed by atoms with Gasteiger partial charge in [0.25, 0.3) is 0 Å². The SMILES string of the molecule is Cc1nc(C)c(-c2c(C(=O)O)nnn2CC2CCC2)s1. The fourth-order valence-corrected chi connectivity index (χ4v) is 3.45. The molecule has 0 aliphatic heterocycles. The maximum Gasteiger partial charge on any atom is 0.358 e. The van der Waals surface area contributed by atoms with Crippen LogP contribution >= 0.6 is 11.3 Å².